The SMILES string of the molecule is N=C(NC(=O)O)c1ncc(-c2ccccc2)cc1NC(=O)c1cccc(N2CCCCC2)c1. The quantitative estimate of drug-likeness (QED) is 0.340. The summed E-state index contributed by atoms with van der Waals surface area (Å²) < 4.78 is 0. The highest BCUT2D eigenvalue weighted by Gasteiger charge is 2.18. The van der Waals surface area contributed by atoms with E-state index in [1.807, 2.05) is 53.8 Å². The van der Waals surface area contributed by atoms with Crippen LogP contribution in [0.5, 0.6) is 0 Å². The van der Waals surface area contributed by atoms with Crippen LogP contribution in [-0.2, 0) is 0 Å². The molecule has 0 saturated carbocycles. The largest absolute Gasteiger partial charge is 0.465 e. The third kappa shape index (κ3) is 5.35. The highest BCUT2D eigenvalue weighted by Crippen LogP contribution is 2.26. The number of piperidine rings is 1. The number of anilines is 2. The molecule has 2 aromatic carbocycles. The van der Waals surface area contributed by atoms with E-state index in [0.29, 0.717) is 5.56 Å². The summed E-state index contributed by atoms with van der Waals surface area (Å²) in [7, 11) is 0. The Labute approximate surface area is 191 Å². The molecule has 0 bridgehead atoms. The molecule has 0 aliphatic carbocycles. The third-order valence-corrected chi connectivity index (χ3v) is 5.54. The summed E-state index contributed by atoms with van der Waals surface area (Å²) in [5.74, 6) is -0.773. The maximum atomic E-state index is 13.1. The van der Waals surface area contributed by atoms with E-state index in [1.165, 1.54) is 6.42 Å². The first-order valence-corrected chi connectivity index (χ1v) is 10.8. The van der Waals surface area contributed by atoms with Gasteiger partial charge in [0.1, 0.15) is 5.69 Å². The number of rotatable bonds is 5. The first kappa shape index (κ1) is 22.0. The van der Waals surface area contributed by atoms with Gasteiger partial charge in [0.15, 0.2) is 5.84 Å². The Morgan fingerprint density at radius 2 is 1.70 bits per heavy atom. The number of amides is 2. The number of aromatic nitrogens is 1. The van der Waals surface area contributed by atoms with Crippen LogP contribution in [0.25, 0.3) is 11.1 Å². The van der Waals surface area contributed by atoms with E-state index in [0.717, 1.165) is 42.7 Å². The van der Waals surface area contributed by atoms with Crippen LogP contribution in [0.1, 0.15) is 35.3 Å². The van der Waals surface area contributed by atoms with Crippen molar-refractivity contribution < 1.29 is 14.7 Å². The van der Waals surface area contributed by atoms with E-state index in [2.05, 4.69) is 15.2 Å². The highest BCUT2D eigenvalue weighted by molar-refractivity contribution is 6.11. The fourth-order valence-electron chi connectivity index (χ4n) is 3.90. The van der Waals surface area contributed by atoms with Crippen LogP contribution in [0.15, 0.2) is 66.9 Å². The summed E-state index contributed by atoms with van der Waals surface area (Å²) in [5.41, 5.74) is 3.39. The molecule has 1 saturated heterocycles. The minimum atomic E-state index is -1.37. The standard InChI is InChI=1S/C25H25N5O3/c26-23(29-25(32)33)22-21(15-19(16-27-22)17-8-3-1-4-9-17)28-24(31)18-10-7-11-20(14-18)30-12-5-2-6-13-30/h1,3-4,7-11,14-16H,2,5-6,12-13H2,(H2,26,29)(H,28,31)(H,32,33). The molecule has 0 spiro atoms. The lowest BCUT2D eigenvalue weighted by Gasteiger charge is -2.29. The predicted octanol–water partition coefficient (Wildman–Crippen LogP) is 4.58. The second-order valence-corrected chi connectivity index (χ2v) is 7.84. The van der Waals surface area contributed by atoms with Gasteiger partial charge >= 0.3 is 6.09 Å². The van der Waals surface area contributed by atoms with Gasteiger partial charge in [0.2, 0.25) is 0 Å². The first-order valence-electron chi connectivity index (χ1n) is 10.8. The molecule has 1 aromatic heterocycles. The summed E-state index contributed by atoms with van der Waals surface area (Å²) in [4.78, 5) is 30.7. The Hall–Kier alpha value is -4.20. The number of nitrogens with one attached hydrogen (secondary N) is 3. The monoisotopic (exact) mass is 443 g/mol. The molecule has 3 aromatic rings. The van der Waals surface area contributed by atoms with Crippen LogP contribution in [0.4, 0.5) is 16.2 Å². The second kappa shape index (κ2) is 9.95. The third-order valence-electron chi connectivity index (χ3n) is 5.54. The molecular formula is C25H25N5O3. The number of pyridine rings is 1. The molecule has 1 aliphatic rings. The summed E-state index contributed by atoms with van der Waals surface area (Å²) in [6, 6.07) is 18.6. The topological polar surface area (TPSA) is 118 Å². The van der Waals surface area contributed by atoms with Crippen molar-refractivity contribution in [3.8, 4) is 11.1 Å². The smallest absolute Gasteiger partial charge is 0.410 e. The Balaban J connectivity index is 1.64. The van der Waals surface area contributed by atoms with Gasteiger partial charge in [-0.05, 0) is 49.1 Å². The molecule has 4 rings (SSSR count). The van der Waals surface area contributed by atoms with Crippen LogP contribution in [0.2, 0.25) is 0 Å². The molecular weight excluding hydrogens is 418 g/mol. The van der Waals surface area contributed by atoms with Gasteiger partial charge in [0.25, 0.3) is 5.91 Å². The molecule has 1 aliphatic heterocycles. The zero-order chi connectivity index (χ0) is 23.2. The summed E-state index contributed by atoms with van der Waals surface area (Å²) in [5, 5.41) is 21.9. The summed E-state index contributed by atoms with van der Waals surface area (Å²) in [6.07, 6.45) is 3.67. The minimum absolute atomic E-state index is 0.0395. The summed E-state index contributed by atoms with van der Waals surface area (Å²) >= 11 is 0. The Morgan fingerprint density at radius 3 is 2.42 bits per heavy atom. The number of carboxylic acid groups (broad SMARTS) is 1. The van der Waals surface area contributed by atoms with Crippen molar-refractivity contribution in [3.05, 3.63) is 78.1 Å². The van der Waals surface area contributed by atoms with Gasteiger partial charge in [-0.3, -0.25) is 20.5 Å². The predicted molar refractivity (Wildman–Crippen MR) is 128 cm³/mol. The molecule has 0 radical (unpaired) electrons. The second-order valence-electron chi connectivity index (χ2n) is 7.84. The van der Waals surface area contributed by atoms with Crippen molar-refractivity contribution in [1.82, 2.24) is 10.3 Å². The number of hydrogen-bond donors (Lipinski definition) is 4. The molecule has 4 N–H and O–H groups in total. The zero-order valence-corrected chi connectivity index (χ0v) is 18.0. The lowest BCUT2D eigenvalue weighted by molar-refractivity contribution is 0.102. The van der Waals surface area contributed by atoms with Crippen LogP contribution >= 0.6 is 0 Å². The molecule has 8 nitrogen and oxygen atoms in total. The van der Waals surface area contributed by atoms with E-state index >= 15 is 0 Å². The molecule has 8 heteroatoms. The van der Waals surface area contributed by atoms with E-state index in [1.54, 1.807) is 18.3 Å². The van der Waals surface area contributed by atoms with Gasteiger partial charge in [-0.25, -0.2) is 4.79 Å². The molecule has 168 valence electrons. The van der Waals surface area contributed by atoms with Crippen molar-refractivity contribution in [1.29, 1.82) is 5.41 Å². The summed E-state index contributed by atoms with van der Waals surface area (Å²) in [6.45, 7) is 1.94. The van der Waals surface area contributed by atoms with E-state index < -0.39 is 11.9 Å². The van der Waals surface area contributed by atoms with E-state index in [4.69, 9.17) is 10.5 Å². The van der Waals surface area contributed by atoms with Crippen LogP contribution in [0.3, 0.4) is 0 Å². The number of carbonyl (C=O) groups excluding carboxylic acids is 1. The zero-order valence-electron chi connectivity index (χ0n) is 18.0. The highest BCUT2D eigenvalue weighted by atomic mass is 16.4. The Kier molecular flexibility index (Phi) is 6.64. The fraction of sp³-hybridized carbons (Fsp3) is 0.200. The van der Waals surface area contributed by atoms with Crippen molar-refractivity contribution in [3.63, 3.8) is 0 Å². The van der Waals surface area contributed by atoms with Crippen LogP contribution in [0, 0.1) is 5.41 Å². The molecule has 2 heterocycles. The molecule has 1 fully saturated rings. The normalized spacial score (nSPS) is 13.3. The van der Waals surface area contributed by atoms with Gasteiger partial charge in [0.05, 0.1) is 5.69 Å². The van der Waals surface area contributed by atoms with Crippen LogP contribution < -0.4 is 15.5 Å². The molecule has 2 amide bonds. The van der Waals surface area contributed by atoms with Gasteiger partial charge in [-0.2, -0.15) is 0 Å². The molecule has 0 atom stereocenters. The van der Waals surface area contributed by atoms with Gasteiger partial charge < -0.3 is 15.3 Å². The first-order chi connectivity index (χ1) is 16.0. The van der Waals surface area contributed by atoms with Gasteiger partial charge in [0, 0.05) is 36.1 Å². The number of benzene rings is 2. The molecule has 33 heavy (non-hydrogen) atoms. The number of amidine groups is 1. The lowest BCUT2D eigenvalue weighted by Crippen LogP contribution is -2.31. The average Bonchev–Trinajstić information content (AvgIpc) is 2.84. The fourth-order valence-corrected chi connectivity index (χ4v) is 3.90. The van der Waals surface area contributed by atoms with Crippen molar-refractivity contribution >= 4 is 29.2 Å². The van der Waals surface area contributed by atoms with Gasteiger partial charge in [-0.1, -0.05) is 36.4 Å². The lowest BCUT2D eigenvalue weighted by atomic mass is 10.1. The maximum absolute atomic E-state index is 13.1. The minimum Gasteiger partial charge on any atom is -0.465 e. The van der Waals surface area contributed by atoms with Crippen molar-refractivity contribution in [2.45, 2.75) is 19.3 Å². The number of carbonyl (C=O) groups is 2. The number of hydrogen-bond acceptors (Lipinski definition) is 5. The molecule has 0 unspecified atom stereocenters. The Bertz CT molecular complexity index is 1170. The maximum Gasteiger partial charge on any atom is 0.410 e. The van der Waals surface area contributed by atoms with Crippen molar-refractivity contribution in [2.75, 3.05) is 23.3 Å². The van der Waals surface area contributed by atoms with E-state index in [9.17, 15) is 9.59 Å². The van der Waals surface area contributed by atoms with Gasteiger partial charge in [-0.15, -0.1) is 0 Å². The average molecular weight is 444 g/mol. The number of nitrogens with zero attached hydrogens (tertiary/aromatic N) is 2. The van der Waals surface area contributed by atoms with Crippen molar-refractivity contribution in [2.24, 2.45) is 0 Å². The Morgan fingerprint density at radius 1 is 0.939 bits per heavy atom. The van der Waals surface area contributed by atoms with Crippen LogP contribution in [-0.4, -0.2) is 41.0 Å². The van der Waals surface area contributed by atoms with E-state index in [-0.39, 0.29) is 17.3 Å².